The van der Waals surface area contributed by atoms with E-state index in [2.05, 4.69) is 17.1 Å². The number of aromatic nitrogens is 1. The van der Waals surface area contributed by atoms with Gasteiger partial charge in [0.2, 0.25) is 0 Å². The van der Waals surface area contributed by atoms with Gasteiger partial charge in [0, 0.05) is 17.4 Å². The summed E-state index contributed by atoms with van der Waals surface area (Å²) in [6, 6.07) is 17.3. The molecule has 0 fully saturated rings. The summed E-state index contributed by atoms with van der Waals surface area (Å²) < 4.78 is 6.09. The third-order valence-corrected chi connectivity index (χ3v) is 3.94. The van der Waals surface area contributed by atoms with Gasteiger partial charge in [0.05, 0.1) is 11.2 Å². The molecule has 0 saturated carbocycles. The van der Waals surface area contributed by atoms with Crippen LogP contribution in [0.25, 0.3) is 0 Å². The van der Waals surface area contributed by atoms with Gasteiger partial charge in [-0.05, 0) is 29.8 Å². The Bertz CT molecular complexity index is 709. The van der Waals surface area contributed by atoms with Gasteiger partial charge in [-0.1, -0.05) is 30.3 Å². The SMILES string of the molecule is O=Cc1ccc(OC(Cc2ccccc2)c2cscn2)cc1. The van der Waals surface area contributed by atoms with Crippen LogP contribution in [0.5, 0.6) is 5.75 Å². The van der Waals surface area contributed by atoms with E-state index in [1.807, 2.05) is 41.2 Å². The van der Waals surface area contributed by atoms with Crippen LogP contribution in [0.15, 0.2) is 65.5 Å². The first-order valence-electron chi connectivity index (χ1n) is 6.99. The molecule has 0 aliphatic carbocycles. The lowest BCUT2D eigenvalue weighted by Gasteiger charge is -2.17. The van der Waals surface area contributed by atoms with E-state index in [1.54, 1.807) is 23.5 Å². The molecule has 3 aromatic rings. The average Bonchev–Trinajstić information content (AvgIpc) is 3.10. The Kier molecular flexibility index (Phi) is 4.61. The maximum atomic E-state index is 10.7. The van der Waals surface area contributed by atoms with Gasteiger partial charge >= 0.3 is 0 Å². The highest BCUT2D eigenvalue weighted by Crippen LogP contribution is 2.25. The molecule has 3 nitrogen and oxygen atoms in total. The van der Waals surface area contributed by atoms with Gasteiger partial charge in [-0.25, -0.2) is 4.98 Å². The van der Waals surface area contributed by atoms with E-state index in [4.69, 9.17) is 4.74 Å². The van der Waals surface area contributed by atoms with Gasteiger partial charge in [-0.2, -0.15) is 0 Å². The molecule has 0 saturated heterocycles. The van der Waals surface area contributed by atoms with Crippen molar-refractivity contribution in [3.05, 3.63) is 82.3 Å². The normalized spacial score (nSPS) is 11.8. The number of rotatable bonds is 6. The third-order valence-electron chi connectivity index (χ3n) is 3.34. The predicted molar refractivity (Wildman–Crippen MR) is 87.5 cm³/mol. The monoisotopic (exact) mass is 309 g/mol. The molecule has 22 heavy (non-hydrogen) atoms. The number of carbonyl (C=O) groups is 1. The maximum absolute atomic E-state index is 10.7. The number of benzene rings is 2. The Hall–Kier alpha value is -2.46. The van der Waals surface area contributed by atoms with Crippen molar-refractivity contribution >= 4 is 17.6 Å². The lowest BCUT2D eigenvalue weighted by molar-refractivity contribution is 0.112. The summed E-state index contributed by atoms with van der Waals surface area (Å²) in [6.07, 6.45) is 1.43. The first kappa shape index (κ1) is 14.5. The van der Waals surface area contributed by atoms with Crippen molar-refractivity contribution in [2.24, 2.45) is 0 Å². The van der Waals surface area contributed by atoms with E-state index in [0.717, 1.165) is 24.2 Å². The van der Waals surface area contributed by atoms with Crippen molar-refractivity contribution in [2.45, 2.75) is 12.5 Å². The Labute approximate surface area is 133 Å². The van der Waals surface area contributed by atoms with E-state index >= 15 is 0 Å². The summed E-state index contributed by atoms with van der Waals surface area (Å²) in [5.74, 6) is 0.736. The van der Waals surface area contributed by atoms with Crippen molar-refractivity contribution in [1.29, 1.82) is 0 Å². The summed E-state index contributed by atoms with van der Waals surface area (Å²) in [7, 11) is 0. The number of hydrogen-bond acceptors (Lipinski definition) is 4. The molecule has 1 atom stereocenters. The van der Waals surface area contributed by atoms with Crippen LogP contribution < -0.4 is 4.74 Å². The summed E-state index contributed by atoms with van der Waals surface area (Å²) in [4.78, 5) is 15.1. The van der Waals surface area contributed by atoms with Crippen molar-refractivity contribution in [1.82, 2.24) is 4.98 Å². The second kappa shape index (κ2) is 7.00. The summed E-state index contributed by atoms with van der Waals surface area (Å²) in [5, 5.41) is 2.01. The molecule has 4 heteroatoms. The smallest absolute Gasteiger partial charge is 0.150 e. The van der Waals surface area contributed by atoms with E-state index in [1.165, 1.54) is 5.56 Å². The van der Waals surface area contributed by atoms with Gasteiger partial charge in [-0.3, -0.25) is 4.79 Å². The summed E-state index contributed by atoms with van der Waals surface area (Å²) in [6.45, 7) is 0. The zero-order valence-electron chi connectivity index (χ0n) is 11.9. The van der Waals surface area contributed by atoms with E-state index < -0.39 is 0 Å². The minimum Gasteiger partial charge on any atom is -0.484 e. The fraction of sp³-hybridized carbons (Fsp3) is 0.111. The van der Waals surface area contributed by atoms with Gasteiger partial charge < -0.3 is 4.74 Å². The molecule has 0 amide bonds. The van der Waals surface area contributed by atoms with Gasteiger partial charge in [0.15, 0.2) is 0 Å². The molecular weight excluding hydrogens is 294 g/mol. The minimum atomic E-state index is -0.143. The molecular formula is C18H15NO2S. The van der Waals surface area contributed by atoms with Crippen molar-refractivity contribution in [3.8, 4) is 5.75 Å². The highest BCUT2D eigenvalue weighted by atomic mass is 32.1. The lowest BCUT2D eigenvalue weighted by atomic mass is 10.1. The Morgan fingerprint density at radius 1 is 1.09 bits per heavy atom. The largest absolute Gasteiger partial charge is 0.484 e. The fourth-order valence-electron chi connectivity index (χ4n) is 2.20. The van der Waals surface area contributed by atoms with Gasteiger partial charge in [0.25, 0.3) is 0 Å². The zero-order chi connectivity index (χ0) is 15.2. The molecule has 0 spiro atoms. The van der Waals surface area contributed by atoms with Crippen LogP contribution in [-0.4, -0.2) is 11.3 Å². The molecule has 1 unspecified atom stereocenters. The molecule has 1 heterocycles. The van der Waals surface area contributed by atoms with Crippen LogP contribution in [0, 0.1) is 0 Å². The lowest BCUT2D eigenvalue weighted by Crippen LogP contribution is -2.11. The molecule has 110 valence electrons. The topological polar surface area (TPSA) is 39.2 Å². The number of aldehydes is 1. The van der Waals surface area contributed by atoms with Crippen molar-refractivity contribution in [2.75, 3.05) is 0 Å². The maximum Gasteiger partial charge on any atom is 0.150 e. The molecule has 0 radical (unpaired) electrons. The van der Waals surface area contributed by atoms with E-state index in [-0.39, 0.29) is 6.10 Å². The van der Waals surface area contributed by atoms with Crippen LogP contribution in [0.4, 0.5) is 0 Å². The third kappa shape index (κ3) is 3.59. The highest BCUT2D eigenvalue weighted by molar-refractivity contribution is 7.07. The molecule has 0 bridgehead atoms. The number of hydrogen-bond donors (Lipinski definition) is 0. The van der Waals surface area contributed by atoms with Gasteiger partial charge in [0.1, 0.15) is 18.1 Å². The predicted octanol–water partition coefficient (Wildman–Crippen LogP) is 4.32. The zero-order valence-corrected chi connectivity index (χ0v) is 12.7. The van der Waals surface area contributed by atoms with Crippen LogP contribution >= 0.6 is 11.3 Å². The van der Waals surface area contributed by atoms with Crippen LogP contribution in [0.3, 0.4) is 0 Å². The summed E-state index contributed by atoms with van der Waals surface area (Å²) >= 11 is 1.56. The first-order chi connectivity index (χ1) is 10.8. The summed E-state index contributed by atoms with van der Waals surface area (Å²) in [5.41, 5.74) is 4.57. The van der Waals surface area contributed by atoms with Crippen LogP contribution in [-0.2, 0) is 6.42 Å². The Balaban J connectivity index is 1.80. The highest BCUT2D eigenvalue weighted by Gasteiger charge is 2.16. The number of ether oxygens (including phenoxy) is 1. The fourth-order valence-corrected chi connectivity index (χ4v) is 2.80. The molecule has 1 aromatic heterocycles. The van der Waals surface area contributed by atoms with Crippen molar-refractivity contribution < 1.29 is 9.53 Å². The number of nitrogens with zero attached hydrogens (tertiary/aromatic N) is 1. The molecule has 3 rings (SSSR count). The molecule has 0 aliphatic heterocycles. The number of carbonyl (C=O) groups excluding carboxylic acids is 1. The first-order valence-corrected chi connectivity index (χ1v) is 7.93. The molecule has 0 aliphatic rings. The van der Waals surface area contributed by atoms with E-state index in [9.17, 15) is 4.79 Å². The average molecular weight is 309 g/mol. The quantitative estimate of drug-likeness (QED) is 0.637. The second-order valence-corrected chi connectivity index (χ2v) is 5.62. The van der Waals surface area contributed by atoms with Crippen LogP contribution in [0.1, 0.15) is 27.7 Å². The second-order valence-electron chi connectivity index (χ2n) is 4.90. The Morgan fingerprint density at radius 2 is 1.86 bits per heavy atom. The Morgan fingerprint density at radius 3 is 2.50 bits per heavy atom. The van der Waals surface area contributed by atoms with E-state index in [0.29, 0.717) is 5.56 Å². The van der Waals surface area contributed by atoms with Crippen LogP contribution in [0.2, 0.25) is 0 Å². The number of thiazole rings is 1. The standard InChI is InChI=1S/C18H15NO2S/c20-11-15-6-8-16(9-7-15)21-18(17-12-22-13-19-17)10-14-4-2-1-3-5-14/h1-9,11-13,18H,10H2. The van der Waals surface area contributed by atoms with Gasteiger partial charge in [-0.15, -0.1) is 11.3 Å². The molecule has 0 N–H and O–H groups in total. The van der Waals surface area contributed by atoms with Crippen molar-refractivity contribution in [3.63, 3.8) is 0 Å². The molecule has 2 aromatic carbocycles. The minimum absolute atomic E-state index is 0.143.